The van der Waals surface area contributed by atoms with Gasteiger partial charge in [-0.1, -0.05) is 6.92 Å². The molecule has 0 spiro atoms. The molecule has 1 rings (SSSR count). The molecule has 1 aliphatic rings. The Morgan fingerprint density at radius 2 is 1.79 bits per heavy atom. The summed E-state index contributed by atoms with van der Waals surface area (Å²) in [6.45, 7) is 10.3. The molecule has 1 fully saturated rings. The summed E-state index contributed by atoms with van der Waals surface area (Å²) in [5.74, 6) is 0. The van der Waals surface area contributed by atoms with Crippen LogP contribution in [0.2, 0.25) is 0 Å². The van der Waals surface area contributed by atoms with Crippen LogP contribution < -0.4 is 5.32 Å². The predicted octanol–water partition coefficient (Wildman–Crippen LogP) is 1.63. The number of nitrogens with zero attached hydrogens (tertiary/aromatic N) is 1. The summed E-state index contributed by atoms with van der Waals surface area (Å²) in [6.07, 6.45) is 0. The van der Waals surface area contributed by atoms with Crippen molar-refractivity contribution in [1.29, 1.82) is 0 Å². The van der Waals surface area contributed by atoms with E-state index in [0.29, 0.717) is 6.04 Å². The van der Waals surface area contributed by atoms with Crippen LogP contribution >= 0.6 is 0 Å². The van der Waals surface area contributed by atoms with Crippen LogP contribution in [0.25, 0.3) is 5.32 Å². The molecule has 1 atom stereocenters. The summed E-state index contributed by atoms with van der Waals surface area (Å²) in [7, 11) is 0. The molecule has 0 aromatic heterocycles. The summed E-state index contributed by atoms with van der Waals surface area (Å²) < 4.78 is 0. The third-order valence-electron chi connectivity index (χ3n) is 1.17. The standard InChI is InChI=1S/C5H11N2.C2H5.CH3.U.V.W.Y/c1-5-4-6-2-3-7-5;1-2;;;;;/h5-6H,2-4H2,1H3;1H2,2H3;1H3;;;;/q3*-1;;;;. The summed E-state index contributed by atoms with van der Waals surface area (Å²) in [6, 6.07) is 0.550. The Hall–Kier alpha value is 3.35. The van der Waals surface area contributed by atoms with Gasteiger partial charge in [0.05, 0.1) is 0 Å². The molecule has 0 bridgehead atoms. The average molecular weight is 705 g/mol. The van der Waals surface area contributed by atoms with Crippen molar-refractivity contribution >= 4 is 0 Å². The average Bonchev–Trinajstić information content (AvgIpc) is 1.94. The van der Waals surface area contributed by atoms with Gasteiger partial charge in [0, 0.05) is 103 Å². The summed E-state index contributed by atoms with van der Waals surface area (Å²) in [4.78, 5) is 0. The van der Waals surface area contributed by atoms with E-state index >= 15 is 0 Å². The quantitative estimate of drug-likeness (QED) is 0.382. The molecule has 0 aromatic carbocycles. The largest absolute Gasteiger partial charge is 0.658 e. The van der Waals surface area contributed by atoms with E-state index in [0.717, 1.165) is 19.6 Å². The molecular weight excluding hydrogens is 686 g/mol. The third kappa shape index (κ3) is 24.5. The fourth-order valence-corrected chi connectivity index (χ4v) is 0.739. The van der Waals surface area contributed by atoms with Crippen molar-refractivity contribution in [1.82, 2.24) is 5.32 Å². The van der Waals surface area contributed by atoms with Gasteiger partial charge in [-0.15, -0.1) is 12.6 Å². The minimum absolute atomic E-state index is 0. The maximum absolute atomic E-state index is 4.27. The van der Waals surface area contributed by atoms with E-state index in [4.69, 9.17) is 0 Å². The van der Waals surface area contributed by atoms with E-state index in [2.05, 4.69) is 24.5 Å². The van der Waals surface area contributed by atoms with Gasteiger partial charge in [-0.05, 0) is 13.1 Å². The number of hydrogen-bond donors (Lipinski definition) is 1. The molecule has 14 heavy (non-hydrogen) atoms. The number of rotatable bonds is 0. The zero-order valence-electron chi connectivity index (χ0n) is 9.29. The van der Waals surface area contributed by atoms with E-state index in [-0.39, 0.29) is 111 Å². The second kappa shape index (κ2) is 29.9. The summed E-state index contributed by atoms with van der Waals surface area (Å²) in [5.41, 5.74) is 0. The van der Waals surface area contributed by atoms with Gasteiger partial charge in [-0.2, -0.15) is 6.92 Å². The zero-order chi connectivity index (χ0) is 7.11. The van der Waals surface area contributed by atoms with Crippen LogP contribution in [0.1, 0.15) is 13.8 Å². The second-order valence-corrected chi connectivity index (χ2v) is 1.96. The molecule has 1 heterocycles. The van der Waals surface area contributed by atoms with Crippen molar-refractivity contribution in [3.63, 3.8) is 0 Å². The molecule has 1 aliphatic heterocycles. The number of piperazine rings is 1. The fourth-order valence-electron chi connectivity index (χ4n) is 0.739. The van der Waals surface area contributed by atoms with Crippen molar-refractivity contribution in [2.24, 2.45) is 0 Å². The Kier molecular flexibility index (Phi) is 76.9. The maximum atomic E-state index is 4.27. The van der Waals surface area contributed by atoms with Gasteiger partial charge in [0.15, 0.2) is 0 Å². The van der Waals surface area contributed by atoms with E-state index in [1.807, 2.05) is 0 Å². The van der Waals surface area contributed by atoms with E-state index in [1.165, 1.54) is 0 Å². The molecule has 0 aliphatic carbocycles. The van der Waals surface area contributed by atoms with Crippen LogP contribution in [0, 0.1) is 45.5 Å². The van der Waals surface area contributed by atoms with Crippen LogP contribution in [0.15, 0.2) is 0 Å². The van der Waals surface area contributed by atoms with E-state index in [1.54, 1.807) is 6.92 Å². The first-order chi connectivity index (χ1) is 4.39. The van der Waals surface area contributed by atoms with E-state index < -0.39 is 0 Å². The molecule has 0 aromatic rings. The minimum atomic E-state index is 0. The normalized spacial score (nSPS) is 16.9. The van der Waals surface area contributed by atoms with Crippen molar-refractivity contribution in [3.05, 3.63) is 19.7 Å². The molecule has 0 saturated carbocycles. The van der Waals surface area contributed by atoms with Gasteiger partial charge in [0.1, 0.15) is 0 Å². The zero-order valence-corrected chi connectivity index (χ0v) is 20.6. The van der Waals surface area contributed by atoms with Crippen LogP contribution in [0.5, 0.6) is 0 Å². The monoisotopic (exact) mass is 705 g/mol. The molecule has 1 N–H and O–H groups in total. The van der Waals surface area contributed by atoms with Crippen LogP contribution in [-0.2, 0) is 72.3 Å². The Morgan fingerprint density at radius 1 is 1.36 bits per heavy atom. The van der Waals surface area contributed by atoms with Crippen molar-refractivity contribution in [2.45, 2.75) is 19.9 Å². The minimum Gasteiger partial charge on any atom is -0.658 e. The van der Waals surface area contributed by atoms with Crippen molar-refractivity contribution in [2.75, 3.05) is 19.6 Å². The Balaban J connectivity index is -0.0000000217. The summed E-state index contributed by atoms with van der Waals surface area (Å²) in [5, 5.41) is 7.51. The first-order valence-corrected chi connectivity index (χ1v) is 3.47. The number of hydrogen-bond acceptors (Lipinski definition) is 1. The fraction of sp³-hybridized carbons (Fsp3) is 0.750. The van der Waals surface area contributed by atoms with Gasteiger partial charge in [0.25, 0.3) is 0 Å². The molecule has 0 amide bonds. The van der Waals surface area contributed by atoms with Gasteiger partial charge in [-0.25, -0.2) is 0 Å². The van der Waals surface area contributed by atoms with Crippen LogP contribution in [-0.4, -0.2) is 25.7 Å². The van der Waals surface area contributed by atoms with Crippen LogP contribution in [0.4, 0.5) is 0 Å². The molecule has 82 valence electrons. The summed E-state index contributed by atoms with van der Waals surface area (Å²) >= 11 is 0. The second-order valence-electron chi connectivity index (χ2n) is 1.96. The topological polar surface area (TPSA) is 26.1 Å². The molecular formula is C8H19N2UVWY-3. The number of nitrogens with one attached hydrogen (secondary N) is 1. The van der Waals surface area contributed by atoms with Crippen molar-refractivity contribution in [3.8, 4) is 0 Å². The molecule has 1 saturated heterocycles. The Bertz CT molecular complexity index is 69.3. The first kappa shape index (κ1) is 36.0. The maximum Gasteiger partial charge on any atom is 0 e. The molecule has 2 radical (unpaired) electrons. The first-order valence-electron chi connectivity index (χ1n) is 3.47. The SMILES string of the molecule is CC1CNCC[N-]1.[CH2-]C.[CH3-].[U].[V].[W].[Y]. The predicted molar refractivity (Wildman–Crippen MR) is 48.0 cm³/mol. The Labute approximate surface area is 165 Å². The van der Waals surface area contributed by atoms with Crippen molar-refractivity contribution < 1.29 is 103 Å². The third-order valence-corrected chi connectivity index (χ3v) is 1.17. The molecule has 6 heteroatoms. The van der Waals surface area contributed by atoms with Crippen LogP contribution in [0.3, 0.4) is 0 Å². The van der Waals surface area contributed by atoms with Gasteiger partial charge >= 0.3 is 0 Å². The van der Waals surface area contributed by atoms with Gasteiger partial charge in [-0.3, -0.25) is 0 Å². The molecule has 2 nitrogen and oxygen atoms in total. The smallest absolute Gasteiger partial charge is 0 e. The Morgan fingerprint density at radius 3 is 1.93 bits per heavy atom. The van der Waals surface area contributed by atoms with Gasteiger partial charge in [0.2, 0.25) is 0 Å². The van der Waals surface area contributed by atoms with E-state index in [9.17, 15) is 0 Å². The molecule has 1 unspecified atom stereocenters. The van der Waals surface area contributed by atoms with Gasteiger partial charge < -0.3 is 25.0 Å².